The van der Waals surface area contributed by atoms with Gasteiger partial charge in [-0.25, -0.2) is 4.79 Å². The largest absolute Gasteiger partial charge is 0.465 e. The van der Waals surface area contributed by atoms with Crippen LogP contribution in [0, 0.1) is 6.92 Å². The van der Waals surface area contributed by atoms with Gasteiger partial charge in [-0.05, 0) is 42.1 Å². The number of rotatable bonds is 3. The van der Waals surface area contributed by atoms with E-state index in [1.807, 2.05) is 6.92 Å². The summed E-state index contributed by atoms with van der Waals surface area (Å²) in [6, 6.07) is 6.76. The number of carbonyl (C=O) groups is 2. The van der Waals surface area contributed by atoms with E-state index < -0.39 is 5.97 Å². The van der Waals surface area contributed by atoms with Gasteiger partial charge in [0.05, 0.1) is 12.8 Å². The highest BCUT2D eigenvalue weighted by molar-refractivity contribution is 7.12. The lowest BCUT2D eigenvalue weighted by molar-refractivity contribution is 0.0607. The van der Waals surface area contributed by atoms with Gasteiger partial charge in [-0.1, -0.05) is 0 Å². The molecule has 2 aromatic rings. The lowest BCUT2D eigenvalue weighted by Crippen LogP contribution is -2.14. The van der Waals surface area contributed by atoms with Crippen molar-refractivity contribution in [2.45, 2.75) is 6.92 Å². The van der Waals surface area contributed by atoms with E-state index in [0.29, 0.717) is 21.8 Å². The maximum absolute atomic E-state index is 12.2. The maximum atomic E-state index is 12.2. The van der Waals surface area contributed by atoms with Crippen molar-refractivity contribution in [3.63, 3.8) is 0 Å². The Balaban J connectivity index is 2.24. The topological polar surface area (TPSA) is 81.4 Å². The first-order chi connectivity index (χ1) is 9.51. The summed E-state index contributed by atoms with van der Waals surface area (Å²) in [5.74, 6) is -0.789. The van der Waals surface area contributed by atoms with Gasteiger partial charge in [0, 0.05) is 11.3 Å². The van der Waals surface area contributed by atoms with Crippen molar-refractivity contribution in [1.82, 2.24) is 0 Å². The molecule has 0 atom stereocenters. The van der Waals surface area contributed by atoms with Crippen LogP contribution in [-0.4, -0.2) is 19.0 Å². The molecule has 0 fully saturated rings. The number of nitrogens with two attached hydrogens (primary N) is 1. The number of hydrogen-bond donors (Lipinski definition) is 2. The van der Waals surface area contributed by atoms with Crippen molar-refractivity contribution in [2.24, 2.45) is 0 Å². The zero-order chi connectivity index (χ0) is 14.7. The van der Waals surface area contributed by atoms with Crippen molar-refractivity contribution in [2.75, 3.05) is 18.2 Å². The molecular weight excluding hydrogens is 276 g/mol. The summed E-state index contributed by atoms with van der Waals surface area (Å²) in [7, 11) is 1.30. The van der Waals surface area contributed by atoms with Crippen LogP contribution in [0.4, 0.5) is 11.4 Å². The van der Waals surface area contributed by atoms with Crippen molar-refractivity contribution >= 4 is 34.6 Å². The van der Waals surface area contributed by atoms with E-state index in [-0.39, 0.29) is 5.91 Å². The Labute approximate surface area is 120 Å². The van der Waals surface area contributed by atoms with Gasteiger partial charge in [0.25, 0.3) is 5.91 Å². The number of hydrogen-bond acceptors (Lipinski definition) is 5. The molecule has 0 spiro atoms. The summed E-state index contributed by atoms with van der Waals surface area (Å²) < 4.78 is 4.66. The monoisotopic (exact) mass is 290 g/mol. The van der Waals surface area contributed by atoms with Gasteiger partial charge >= 0.3 is 5.97 Å². The van der Waals surface area contributed by atoms with Gasteiger partial charge in [-0.2, -0.15) is 0 Å². The standard InChI is InChI=1S/C14H14N2O3S/c1-8-5-9(7-10(15)6-8)13(17)16-11-3-4-20-12(11)14(18)19-2/h3-7H,15H2,1-2H3,(H,16,17). The number of esters is 1. The SMILES string of the molecule is COC(=O)c1sccc1NC(=O)c1cc(C)cc(N)c1. The average molecular weight is 290 g/mol. The summed E-state index contributed by atoms with van der Waals surface area (Å²) in [6.07, 6.45) is 0. The van der Waals surface area contributed by atoms with E-state index in [4.69, 9.17) is 5.73 Å². The number of amides is 1. The van der Waals surface area contributed by atoms with Crippen LogP contribution in [0.2, 0.25) is 0 Å². The van der Waals surface area contributed by atoms with E-state index in [9.17, 15) is 9.59 Å². The number of nitrogen functional groups attached to an aromatic ring is 1. The molecule has 0 unspecified atom stereocenters. The smallest absolute Gasteiger partial charge is 0.350 e. The molecule has 0 radical (unpaired) electrons. The summed E-state index contributed by atoms with van der Waals surface area (Å²) >= 11 is 1.21. The maximum Gasteiger partial charge on any atom is 0.350 e. The van der Waals surface area contributed by atoms with Crippen LogP contribution < -0.4 is 11.1 Å². The Bertz CT molecular complexity index is 644. The molecule has 0 saturated carbocycles. The number of anilines is 2. The lowest BCUT2D eigenvalue weighted by atomic mass is 10.1. The van der Waals surface area contributed by atoms with Crippen LogP contribution in [0.3, 0.4) is 0 Å². The number of nitrogens with one attached hydrogen (secondary N) is 1. The number of carbonyl (C=O) groups excluding carboxylic acids is 2. The fourth-order valence-electron chi connectivity index (χ4n) is 1.80. The molecule has 0 saturated heterocycles. The van der Waals surface area contributed by atoms with Crippen LogP contribution >= 0.6 is 11.3 Å². The van der Waals surface area contributed by atoms with E-state index in [1.165, 1.54) is 18.4 Å². The first kappa shape index (κ1) is 14.1. The second-order valence-electron chi connectivity index (χ2n) is 4.24. The third kappa shape index (κ3) is 2.97. The minimum Gasteiger partial charge on any atom is -0.465 e. The van der Waals surface area contributed by atoms with E-state index in [0.717, 1.165) is 5.56 Å². The molecule has 3 N–H and O–H groups in total. The number of thiophene rings is 1. The van der Waals surface area contributed by atoms with Crippen molar-refractivity contribution in [3.8, 4) is 0 Å². The third-order valence-corrected chi connectivity index (χ3v) is 3.54. The quantitative estimate of drug-likeness (QED) is 0.672. The first-order valence-corrected chi connectivity index (χ1v) is 6.73. The zero-order valence-corrected chi connectivity index (χ0v) is 11.9. The van der Waals surface area contributed by atoms with Gasteiger partial charge in [0.1, 0.15) is 4.88 Å². The van der Waals surface area contributed by atoms with Crippen LogP contribution in [0.5, 0.6) is 0 Å². The lowest BCUT2D eigenvalue weighted by Gasteiger charge is -2.07. The van der Waals surface area contributed by atoms with E-state index in [2.05, 4.69) is 10.1 Å². The van der Waals surface area contributed by atoms with Gasteiger partial charge in [-0.3, -0.25) is 4.79 Å². The predicted molar refractivity (Wildman–Crippen MR) is 79.2 cm³/mol. The second kappa shape index (κ2) is 5.75. The third-order valence-electron chi connectivity index (χ3n) is 2.65. The average Bonchev–Trinajstić information content (AvgIpc) is 2.84. The summed E-state index contributed by atoms with van der Waals surface area (Å²) in [4.78, 5) is 24.1. The molecule has 1 amide bonds. The molecule has 1 heterocycles. The Hall–Kier alpha value is -2.34. The van der Waals surface area contributed by atoms with Crippen LogP contribution in [-0.2, 0) is 4.74 Å². The zero-order valence-electron chi connectivity index (χ0n) is 11.1. The van der Waals surface area contributed by atoms with Crippen LogP contribution in [0.25, 0.3) is 0 Å². The second-order valence-corrected chi connectivity index (χ2v) is 5.16. The minimum absolute atomic E-state index is 0.316. The molecule has 104 valence electrons. The Morgan fingerprint density at radius 1 is 1.30 bits per heavy atom. The molecular formula is C14H14N2O3S. The van der Waals surface area contributed by atoms with Crippen LogP contribution in [0.15, 0.2) is 29.6 Å². The normalized spacial score (nSPS) is 10.1. The highest BCUT2D eigenvalue weighted by atomic mass is 32.1. The van der Waals surface area contributed by atoms with Gasteiger partial charge in [0.2, 0.25) is 0 Å². The number of aryl methyl sites for hydroxylation is 1. The summed E-state index contributed by atoms with van der Waals surface area (Å²) in [5, 5.41) is 4.41. The van der Waals surface area contributed by atoms with Crippen LogP contribution in [0.1, 0.15) is 25.6 Å². The number of ether oxygens (including phenoxy) is 1. The molecule has 2 rings (SSSR count). The Kier molecular flexibility index (Phi) is 4.05. The minimum atomic E-state index is -0.473. The molecule has 0 bridgehead atoms. The van der Waals surface area contributed by atoms with Gasteiger partial charge < -0.3 is 15.8 Å². The fraction of sp³-hybridized carbons (Fsp3) is 0.143. The molecule has 6 heteroatoms. The van der Waals surface area contributed by atoms with E-state index in [1.54, 1.807) is 29.6 Å². The molecule has 0 aliphatic heterocycles. The molecule has 0 aliphatic carbocycles. The number of methoxy groups -OCH3 is 1. The molecule has 5 nitrogen and oxygen atoms in total. The highest BCUT2D eigenvalue weighted by Crippen LogP contribution is 2.24. The predicted octanol–water partition coefficient (Wildman–Crippen LogP) is 2.68. The highest BCUT2D eigenvalue weighted by Gasteiger charge is 2.16. The Morgan fingerprint density at radius 2 is 2.05 bits per heavy atom. The molecule has 20 heavy (non-hydrogen) atoms. The van der Waals surface area contributed by atoms with Crippen molar-refractivity contribution < 1.29 is 14.3 Å². The molecule has 1 aromatic heterocycles. The van der Waals surface area contributed by atoms with Gasteiger partial charge in [-0.15, -0.1) is 11.3 Å². The summed E-state index contributed by atoms with van der Waals surface area (Å²) in [5.41, 5.74) is 8.02. The van der Waals surface area contributed by atoms with Crippen molar-refractivity contribution in [3.05, 3.63) is 45.6 Å². The Morgan fingerprint density at radius 3 is 2.70 bits per heavy atom. The van der Waals surface area contributed by atoms with Gasteiger partial charge in [0.15, 0.2) is 0 Å². The number of benzene rings is 1. The fourth-order valence-corrected chi connectivity index (χ4v) is 2.56. The summed E-state index contributed by atoms with van der Waals surface area (Å²) in [6.45, 7) is 1.86. The van der Waals surface area contributed by atoms with Crippen molar-refractivity contribution in [1.29, 1.82) is 0 Å². The molecule has 0 aliphatic rings. The molecule has 1 aromatic carbocycles. The van der Waals surface area contributed by atoms with E-state index >= 15 is 0 Å². The first-order valence-electron chi connectivity index (χ1n) is 5.85.